The molecule has 0 saturated carbocycles. The molecule has 2 rings (SSSR count). The summed E-state index contributed by atoms with van der Waals surface area (Å²) in [7, 11) is 5.98. The average molecular weight is 252 g/mol. The maximum atomic E-state index is 10.5. The first-order chi connectivity index (χ1) is 8.39. The van der Waals surface area contributed by atoms with Crippen molar-refractivity contribution in [1.82, 2.24) is 19.6 Å². The highest BCUT2D eigenvalue weighted by molar-refractivity contribution is 5.16. The van der Waals surface area contributed by atoms with E-state index in [2.05, 4.69) is 21.8 Å². The fourth-order valence-electron chi connectivity index (χ4n) is 2.73. The number of hydrogen-bond acceptors (Lipinski definition) is 4. The Hall–Kier alpha value is -0.910. The molecular formula is C13H24N4O. The predicted molar refractivity (Wildman–Crippen MR) is 71.3 cm³/mol. The molecule has 5 nitrogen and oxygen atoms in total. The van der Waals surface area contributed by atoms with E-state index in [1.54, 1.807) is 0 Å². The molecule has 1 N–H and O–H groups in total. The van der Waals surface area contributed by atoms with Gasteiger partial charge in [0.2, 0.25) is 0 Å². The number of aromatic nitrogens is 2. The predicted octanol–water partition coefficient (Wildman–Crippen LogP) is 0.227. The van der Waals surface area contributed by atoms with Crippen LogP contribution in [0.1, 0.15) is 17.7 Å². The summed E-state index contributed by atoms with van der Waals surface area (Å²) < 4.78 is 1.90. The van der Waals surface area contributed by atoms with Crippen molar-refractivity contribution >= 4 is 0 Å². The number of likely N-dealkylation sites (tertiary alicyclic amines) is 1. The van der Waals surface area contributed by atoms with Gasteiger partial charge in [-0.05, 0) is 27.4 Å². The topological polar surface area (TPSA) is 44.5 Å². The fourth-order valence-corrected chi connectivity index (χ4v) is 2.73. The van der Waals surface area contributed by atoms with E-state index >= 15 is 0 Å². The van der Waals surface area contributed by atoms with Gasteiger partial charge in [0.15, 0.2) is 0 Å². The Labute approximate surface area is 109 Å². The molecule has 0 spiro atoms. The summed E-state index contributed by atoms with van der Waals surface area (Å²) in [6, 6.07) is 0. The first kappa shape index (κ1) is 13.5. The van der Waals surface area contributed by atoms with Crippen molar-refractivity contribution in [2.45, 2.75) is 25.5 Å². The fraction of sp³-hybridized carbons (Fsp3) is 0.769. The van der Waals surface area contributed by atoms with E-state index in [0.29, 0.717) is 0 Å². The second-order valence-electron chi connectivity index (χ2n) is 5.80. The Morgan fingerprint density at radius 2 is 2.22 bits per heavy atom. The van der Waals surface area contributed by atoms with E-state index in [-0.39, 0.29) is 0 Å². The number of likely N-dealkylation sites (N-methyl/N-ethyl adjacent to an activating group) is 1. The lowest BCUT2D eigenvalue weighted by Gasteiger charge is -2.26. The van der Waals surface area contributed by atoms with Gasteiger partial charge in [0.1, 0.15) is 0 Å². The molecule has 1 aliphatic heterocycles. The molecule has 1 fully saturated rings. The molecule has 0 radical (unpaired) electrons. The van der Waals surface area contributed by atoms with Crippen LogP contribution in [-0.2, 0) is 13.6 Å². The Kier molecular flexibility index (Phi) is 3.75. The monoisotopic (exact) mass is 252 g/mol. The Bertz CT molecular complexity index is 415. The lowest BCUT2D eigenvalue weighted by atomic mass is 10.0. The summed E-state index contributed by atoms with van der Waals surface area (Å²) >= 11 is 0. The minimum Gasteiger partial charge on any atom is -0.387 e. The van der Waals surface area contributed by atoms with Crippen LogP contribution in [0, 0.1) is 6.92 Å². The van der Waals surface area contributed by atoms with Crippen LogP contribution in [0.3, 0.4) is 0 Å². The molecule has 1 saturated heterocycles. The largest absolute Gasteiger partial charge is 0.387 e. The van der Waals surface area contributed by atoms with Gasteiger partial charge in [-0.2, -0.15) is 5.10 Å². The lowest BCUT2D eigenvalue weighted by Crippen LogP contribution is -2.42. The van der Waals surface area contributed by atoms with Gasteiger partial charge in [0.05, 0.1) is 11.8 Å². The number of β-amino-alcohol motifs (C(OH)–C–C–N with tert-alkyl or cyclic N) is 1. The minimum atomic E-state index is -0.556. The van der Waals surface area contributed by atoms with E-state index in [1.807, 2.05) is 32.0 Å². The van der Waals surface area contributed by atoms with Gasteiger partial charge in [-0.3, -0.25) is 9.58 Å². The summed E-state index contributed by atoms with van der Waals surface area (Å²) in [6.07, 6.45) is 2.78. The van der Waals surface area contributed by atoms with Crippen molar-refractivity contribution in [3.8, 4) is 0 Å². The molecule has 5 heteroatoms. The number of rotatable bonds is 4. The first-order valence-corrected chi connectivity index (χ1v) is 6.46. The van der Waals surface area contributed by atoms with Crippen LogP contribution in [0.15, 0.2) is 6.20 Å². The highest BCUT2D eigenvalue weighted by Gasteiger charge is 2.36. The van der Waals surface area contributed by atoms with Crippen LogP contribution < -0.4 is 0 Å². The van der Waals surface area contributed by atoms with Crippen LogP contribution in [0.5, 0.6) is 0 Å². The SMILES string of the molecule is Cc1c(CN2CC[C@](O)(CN(C)C)C2)cnn1C. The lowest BCUT2D eigenvalue weighted by molar-refractivity contribution is 0.0240. The molecule has 2 heterocycles. The number of hydrogen-bond donors (Lipinski definition) is 1. The van der Waals surface area contributed by atoms with Crippen molar-refractivity contribution in [2.75, 3.05) is 33.7 Å². The highest BCUT2D eigenvalue weighted by Crippen LogP contribution is 2.24. The second kappa shape index (κ2) is 4.99. The normalized spacial score (nSPS) is 25.2. The van der Waals surface area contributed by atoms with Crippen LogP contribution in [0.4, 0.5) is 0 Å². The van der Waals surface area contributed by atoms with E-state index in [4.69, 9.17) is 0 Å². The van der Waals surface area contributed by atoms with Crippen molar-refractivity contribution in [3.05, 3.63) is 17.5 Å². The molecule has 1 aromatic heterocycles. The van der Waals surface area contributed by atoms with Crippen LogP contribution in [0.2, 0.25) is 0 Å². The molecule has 102 valence electrons. The zero-order chi connectivity index (χ0) is 13.3. The van der Waals surface area contributed by atoms with Crippen molar-refractivity contribution in [2.24, 2.45) is 7.05 Å². The maximum absolute atomic E-state index is 10.5. The van der Waals surface area contributed by atoms with Gasteiger partial charge in [0, 0.05) is 44.5 Å². The summed E-state index contributed by atoms with van der Waals surface area (Å²) in [5, 5.41) is 14.7. The molecule has 1 atom stereocenters. The molecular weight excluding hydrogens is 228 g/mol. The van der Waals surface area contributed by atoms with Crippen LogP contribution in [0.25, 0.3) is 0 Å². The Morgan fingerprint density at radius 1 is 1.50 bits per heavy atom. The highest BCUT2D eigenvalue weighted by atomic mass is 16.3. The molecule has 1 aromatic rings. The van der Waals surface area contributed by atoms with Crippen LogP contribution in [-0.4, -0.2) is 64.0 Å². The molecule has 0 aliphatic carbocycles. The minimum absolute atomic E-state index is 0.556. The third-order valence-electron chi connectivity index (χ3n) is 3.75. The van der Waals surface area contributed by atoms with Gasteiger partial charge in [-0.1, -0.05) is 0 Å². The number of nitrogens with zero attached hydrogens (tertiary/aromatic N) is 4. The Balaban J connectivity index is 1.95. The third-order valence-corrected chi connectivity index (χ3v) is 3.75. The molecule has 1 aliphatic rings. The summed E-state index contributed by atoms with van der Waals surface area (Å²) in [6.45, 7) is 5.41. The van der Waals surface area contributed by atoms with Gasteiger partial charge in [-0.15, -0.1) is 0 Å². The van der Waals surface area contributed by atoms with E-state index in [0.717, 1.165) is 32.6 Å². The number of aliphatic hydroxyl groups is 1. The van der Waals surface area contributed by atoms with E-state index < -0.39 is 5.60 Å². The zero-order valence-electron chi connectivity index (χ0n) is 11.8. The van der Waals surface area contributed by atoms with Gasteiger partial charge < -0.3 is 10.0 Å². The van der Waals surface area contributed by atoms with Gasteiger partial charge >= 0.3 is 0 Å². The summed E-state index contributed by atoms with van der Waals surface area (Å²) in [4.78, 5) is 4.37. The van der Waals surface area contributed by atoms with Gasteiger partial charge in [0.25, 0.3) is 0 Å². The summed E-state index contributed by atoms with van der Waals surface area (Å²) in [5.41, 5.74) is 1.91. The average Bonchev–Trinajstić information content (AvgIpc) is 2.76. The Morgan fingerprint density at radius 3 is 2.78 bits per heavy atom. The smallest absolute Gasteiger partial charge is 0.0912 e. The molecule has 0 amide bonds. The number of aryl methyl sites for hydroxylation is 1. The molecule has 0 aromatic carbocycles. The van der Waals surface area contributed by atoms with Crippen molar-refractivity contribution in [3.63, 3.8) is 0 Å². The van der Waals surface area contributed by atoms with Crippen molar-refractivity contribution < 1.29 is 5.11 Å². The molecule has 0 unspecified atom stereocenters. The first-order valence-electron chi connectivity index (χ1n) is 6.46. The van der Waals surface area contributed by atoms with E-state index in [9.17, 15) is 5.11 Å². The summed E-state index contributed by atoms with van der Waals surface area (Å²) in [5.74, 6) is 0. The maximum Gasteiger partial charge on any atom is 0.0912 e. The standard InChI is InChI=1S/C13H24N4O/c1-11-12(7-14-16(11)4)8-17-6-5-13(18,10-17)9-15(2)3/h7,18H,5-6,8-10H2,1-4H3/t13-/m0/s1. The van der Waals surface area contributed by atoms with E-state index in [1.165, 1.54) is 11.3 Å². The van der Waals surface area contributed by atoms with Crippen LogP contribution >= 0.6 is 0 Å². The quantitative estimate of drug-likeness (QED) is 0.833. The van der Waals surface area contributed by atoms with Crippen molar-refractivity contribution in [1.29, 1.82) is 0 Å². The molecule has 18 heavy (non-hydrogen) atoms. The second-order valence-corrected chi connectivity index (χ2v) is 5.80. The van der Waals surface area contributed by atoms with Gasteiger partial charge in [-0.25, -0.2) is 0 Å². The third kappa shape index (κ3) is 2.91. The zero-order valence-corrected chi connectivity index (χ0v) is 11.8. The molecule has 0 bridgehead atoms.